The van der Waals surface area contributed by atoms with Crippen LogP contribution >= 0.6 is 12.2 Å². The van der Waals surface area contributed by atoms with Crippen LogP contribution in [0.2, 0.25) is 0 Å². The van der Waals surface area contributed by atoms with Gasteiger partial charge in [0.1, 0.15) is 0 Å². The van der Waals surface area contributed by atoms with Crippen LogP contribution in [0.5, 0.6) is 0 Å². The summed E-state index contributed by atoms with van der Waals surface area (Å²) in [6.45, 7) is 5.96. The van der Waals surface area contributed by atoms with Gasteiger partial charge in [-0.1, -0.05) is 24.3 Å². The normalized spacial score (nSPS) is 11.4. The first kappa shape index (κ1) is 19.6. The average Bonchev–Trinajstić information content (AvgIpc) is 2.98. The van der Waals surface area contributed by atoms with Gasteiger partial charge in [-0.25, -0.2) is 0 Å². The fourth-order valence-electron chi connectivity index (χ4n) is 3.61. The van der Waals surface area contributed by atoms with Crippen LogP contribution in [0.1, 0.15) is 18.9 Å². The molecule has 0 amide bonds. The predicted octanol–water partition coefficient (Wildman–Crippen LogP) is 4.07. The Kier molecular flexibility index (Phi) is 6.34. The lowest BCUT2D eigenvalue weighted by Gasteiger charge is -2.21. The van der Waals surface area contributed by atoms with E-state index < -0.39 is 0 Å². The molecule has 1 heterocycles. The highest BCUT2D eigenvalue weighted by atomic mass is 32.1. The third-order valence-electron chi connectivity index (χ3n) is 4.98. The number of nitrogens with one attached hydrogen (secondary N) is 1. The first-order chi connectivity index (χ1) is 13.0. The SMILES string of the molecule is CCn1c2ccccc2c2cc(CN(C)C(=S)NCCCN(C)C)ccc21. The van der Waals surface area contributed by atoms with Crippen LogP contribution in [0, 0.1) is 0 Å². The summed E-state index contributed by atoms with van der Waals surface area (Å²) < 4.78 is 2.38. The van der Waals surface area contributed by atoms with Crippen molar-refractivity contribution in [2.24, 2.45) is 0 Å². The number of rotatable bonds is 7. The molecule has 0 spiro atoms. The molecule has 27 heavy (non-hydrogen) atoms. The van der Waals surface area contributed by atoms with Gasteiger partial charge in [-0.3, -0.25) is 0 Å². The second-order valence-electron chi connectivity index (χ2n) is 7.36. The van der Waals surface area contributed by atoms with E-state index in [9.17, 15) is 0 Å². The molecular formula is C22H30N4S. The third-order valence-corrected chi connectivity index (χ3v) is 5.43. The molecule has 0 aliphatic carbocycles. The van der Waals surface area contributed by atoms with Crippen LogP contribution in [0.15, 0.2) is 42.5 Å². The zero-order valence-corrected chi connectivity index (χ0v) is 17.6. The van der Waals surface area contributed by atoms with E-state index in [1.54, 1.807) is 0 Å². The number of benzene rings is 2. The van der Waals surface area contributed by atoms with Crippen molar-refractivity contribution in [1.82, 2.24) is 19.7 Å². The summed E-state index contributed by atoms with van der Waals surface area (Å²) in [5.74, 6) is 0. The summed E-state index contributed by atoms with van der Waals surface area (Å²) >= 11 is 5.55. The lowest BCUT2D eigenvalue weighted by atomic mass is 10.1. The van der Waals surface area contributed by atoms with Crippen LogP contribution in [0.25, 0.3) is 21.8 Å². The maximum absolute atomic E-state index is 5.55. The number of para-hydroxylation sites is 1. The molecular weight excluding hydrogens is 352 g/mol. The van der Waals surface area contributed by atoms with E-state index in [0.717, 1.165) is 37.7 Å². The number of aromatic nitrogens is 1. The number of fused-ring (bicyclic) bond motifs is 3. The highest BCUT2D eigenvalue weighted by Crippen LogP contribution is 2.29. The Morgan fingerprint density at radius 1 is 1.04 bits per heavy atom. The van der Waals surface area contributed by atoms with E-state index in [1.807, 2.05) is 0 Å². The van der Waals surface area contributed by atoms with E-state index in [1.165, 1.54) is 27.4 Å². The standard InChI is InChI=1S/C22H30N4S/c1-5-26-20-10-7-6-9-18(20)19-15-17(11-12-21(19)26)16-25(4)22(27)23-13-8-14-24(2)3/h6-7,9-12,15H,5,8,13-14,16H2,1-4H3,(H,23,27). The fraction of sp³-hybridized carbons (Fsp3) is 0.409. The number of aryl methyl sites for hydroxylation is 1. The van der Waals surface area contributed by atoms with Crippen molar-refractivity contribution in [2.45, 2.75) is 26.4 Å². The topological polar surface area (TPSA) is 23.4 Å². The largest absolute Gasteiger partial charge is 0.363 e. The van der Waals surface area contributed by atoms with Crippen LogP contribution in [0.3, 0.4) is 0 Å². The Balaban J connectivity index is 1.74. The van der Waals surface area contributed by atoms with Crippen molar-refractivity contribution in [3.63, 3.8) is 0 Å². The Morgan fingerprint density at radius 2 is 1.78 bits per heavy atom. The lowest BCUT2D eigenvalue weighted by Crippen LogP contribution is -2.37. The third kappa shape index (κ3) is 4.42. The molecule has 4 nitrogen and oxygen atoms in total. The minimum absolute atomic E-state index is 0.807. The second kappa shape index (κ2) is 8.72. The summed E-state index contributed by atoms with van der Waals surface area (Å²) in [6, 6.07) is 15.4. The first-order valence-corrected chi connectivity index (χ1v) is 10.1. The molecule has 3 aromatic rings. The molecule has 1 aromatic heterocycles. The average molecular weight is 383 g/mol. The van der Waals surface area contributed by atoms with Gasteiger partial charge in [-0.05, 0) is 70.0 Å². The van der Waals surface area contributed by atoms with Crippen molar-refractivity contribution in [1.29, 1.82) is 0 Å². The summed E-state index contributed by atoms with van der Waals surface area (Å²) in [6.07, 6.45) is 1.09. The van der Waals surface area contributed by atoms with Gasteiger partial charge in [0.2, 0.25) is 0 Å². The summed E-state index contributed by atoms with van der Waals surface area (Å²) in [4.78, 5) is 4.31. The Morgan fingerprint density at radius 3 is 2.52 bits per heavy atom. The van der Waals surface area contributed by atoms with E-state index in [0.29, 0.717) is 0 Å². The van der Waals surface area contributed by atoms with E-state index in [-0.39, 0.29) is 0 Å². The Labute approximate surface area is 167 Å². The molecule has 144 valence electrons. The zero-order chi connectivity index (χ0) is 19.4. The molecule has 0 aliphatic rings. The fourth-order valence-corrected chi connectivity index (χ4v) is 3.78. The molecule has 0 unspecified atom stereocenters. The van der Waals surface area contributed by atoms with Gasteiger partial charge >= 0.3 is 0 Å². The van der Waals surface area contributed by atoms with Crippen LogP contribution in [0.4, 0.5) is 0 Å². The van der Waals surface area contributed by atoms with Crippen molar-refractivity contribution >= 4 is 39.1 Å². The maximum atomic E-state index is 5.55. The second-order valence-corrected chi connectivity index (χ2v) is 7.74. The molecule has 0 atom stereocenters. The number of thiocarbonyl (C=S) groups is 1. The summed E-state index contributed by atoms with van der Waals surface area (Å²) in [5, 5.41) is 6.82. The van der Waals surface area contributed by atoms with Crippen LogP contribution in [-0.4, -0.2) is 53.7 Å². The molecule has 0 saturated heterocycles. The van der Waals surface area contributed by atoms with E-state index in [2.05, 4.69) is 90.2 Å². The van der Waals surface area contributed by atoms with Gasteiger partial charge in [0.05, 0.1) is 0 Å². The number of hydrogen-bond acceptors (Lipinski definition) is 2. The highest BCUT2D eigenvalue weighted by molar-refractivity contribution is 7.80. The van der Waals surface area contributed by atoms with Gasteiger partial charge in [0, 0.05) is 48.5 Å². The highest BCUT2D eigenvalue weighted by Gasteiger charge is 2.11. The zero-order valence-electron chi connectivity index (χ0n) is 16.8. The number of hydrogen-bond donors (Lipinski definition) is 1. The van der Waals surface area contributed by atoms with E-state index >= 15 is 0 Å². The van der Waals surface area contributed by atoms with Gasteiger partial charge < -0.3 is 19.7 Å². The monoisotopic (exact) mass is 382 g/mol. The molecule has 0 aliphatic heterocycles. The summed E-state index contributed by atoms with van der Waals surface area (Å²) in [5.41, 5.74) is 3.88. The smallest absolute Gasteiger partial charge is 0.168 e. The van der Waals surface area contributed by atoms with Crippen molar-refractivity contribution < 1.29 is 0 Å². The minimum Gasteiger partial charge on any atom is -0.363 e. The maximum Gasteiger partial charge on any atom is 0.168 e. The lowest BCUT2D eigenvalue weighted by molar-refractivity contribution is 0.397. The van der Waals surface area contributed by atoms with Crippen molar-refractivity contribution in [2.75, 3.05) is 34.2 Å². The Hall–Kier alpha value is -2.11. The summed E-state index contributed by atoms with van der Waals surface area (Å²) in [7, 11) is 6.24. The molecule has 3 rings (SSSR count). The molecule has 0 radical (unpaired) electrons. The quantitative estimate of drug-likeness (QED) is 0.491. The van der Waals surface area contributed by atoms with E-state index in [4.69, 9.17) is 12.2 Å². The van der Waals surface area contributed by atoms with Crippen molar-refractivity contribution in [3.8, 4) is 0 Å². The van der Waals surface area contributed by atoms with Crippen LogP contribution < -0.4 is 5.32 Å². The predicted molar refractivity (Wildman–Crippen MR) is 120 cm³/mol. The van der Waals surface area contributed by atoms with Crippen molar-refractivity contribution in [3.05, 3.63) is 48.0 Å². The molecule has 5 heteroatoms. The molecule has 1 N–H and O–H groups in total. The van der Waals surface area contributed by atoms with Gasteiger partial charge in [0.25, 0.3) is 0 Å². The van der Waals surface area contributed by atoms with Gasteiger partial charge in [0.15, 0.2) is 5.11 Å². The molecule has 0 fully saturated rings. The van der Waals surface area contributed by atoms with Gasteiger partial charge in [-0.15, -0.1) is 0 Å². The van der Waals surface area contributed by atoms with Crippen LogP contribution in [-0.2, 0) is 13.1 Å². The number of nitrogens with zero attached hydrogens (tertiary/aromatic N) is 3. The molecule has 2 aromatic carbocycles. The first-order valence-electron chi connectivity index (χ1n) is 9.64. The minimum atomic E-state index is 0.807. The van der Waals surface area contributed by atoms with Gasteiger partial charge in [-0.2, -0.15) is 0 Å². The Bertz CT molecular complexity index is 929. The molecule has 0 saturated carbocycles. The molecule has 0 bridgehead atoms.